The minimum absolute atomic E-state index is 0. The van der Waals surface area contributed by atoms with Crippen LogP contribution in [-0.2, 0) is 4.74 Å². The molecule has 1 aromatic heterocycles. The Hall–Kier alpha value is -1.11. The Labute approximate surface area is 117 Å². The average Bonchev–Trinajstić information content (AvgIpc) is 3.06. The van der Waals surface area contributed by atoms with E-state index in [4.69, 9.17) is 9.26 Å². The van der Waals surface area contributed by atoms with Crippen LogP contribution in [0.3, 0.4) is 0 Å². The molecule has 7 heteroatoms. The molecule has 0 unspecified atom stereocenters. The van der Waals surface area contributed by atoms with Gasteiger partial charge in [-0.15, -0.1) is 12.4 Å². The van der Waals surface area contributed by atoms with E-state index < -0.39 is 0 Å². The van der Waals surface area contributed by atoms with Gasteiger partial charge in [0.05, 0.1) is 18.9 Å². The summed E-state index contributed by atoms with van der Waals surface area (Å²) in [5, 5.41) is 9.73. The smallest absolute Gasteiger partial charge is 0.289 e. The van der Waals surface area contributed by atoms with Gasteiger partial charge in [-0.1, -0.05) is 5.16 Å². The molecule has 2 fully saturated rings. The van der Waals surface area contributed by atoms with E-state index in [1.165, 1.54) is 6.20 Å². The summed E-state index contributed by atoms with van der Waals surface area (Å²) in [6.07, 6.45) is 2.73. The van der Waals surface area contributed by atoms with Gasteiger partial charge in [0.2, 0.25) is 5.76 Å². The number of nitrogens with zero attached hydrogens (tertiary/aromatic N) is 1. The van der Waals surface area contributed by atoms with Crippen LogP contribution in [0.4, 0.5) is 0 Å². The van der Waals surface area contributed by atoms with Crippen LogP contribution in [0.15, 0.2) is 16.8 Å². The molecule has 19 heavy (non-hydrogen) atoms. The molecule has 0 aliphatic carbocycles. The van der Waals surface area contributed by atoms with Gasteiger partial charge in [0.1, 0.15) is 0 Å². The summed E-state index contributed by atoms with van der Waals surface area (Å²) in [4.78, 5) is 11.7. The van der Waals surface area contributed by atoms with Gasteiger partial charge in [0, 0.05) is 25.1 Å². The molecule has 0 aromatic carbocycles. The molecule has 106 valence electrons. The molecule has 2 aliphatic rings. The molecule has 0 radical (unpaired) electrons. The lowest BCUT2D eigenvalue weighted by atomic mass is 9.85. The molecule has 2 saturated heterocycles. The highest BCUT2D eigenvalue weighted by Crippen LogP contribution is 2.30. The van der Waals surface area contributed by atoms with Crippen molar-refractivity contribution in [2.24, 2.45) is 11.8 Å². The molecule has 0 saturated carbocycles. The molecule has 2 aliphatic heterocycles. The van der Waals surface area contributed by atoms with Crippen molar-refractivity contribution in [2.75, 3.05) is 26.2 Å². The first-order valence-electron chi connectivity index (χ1n) is 6.36. The molecule has 0 bridgehead atoms. The van der Waals surface area contributed by atoms with Gasteiger partial charge in [-0.05, 0) is 18.9 Å². The monoisotopic (exact) mass is 287 g/mol. The number of fused-ring (bicyclic) bond motifs is 1. The zero-order valence-electron chi connectivity index (χ0n) is 10.5. The largest absolute Gasteiger partial charge is 0.376 e. The van der Waals surface area contributed by atoms with Crippen molar-refractivity contribution in [3.63, 3.8) is 0 Å². The van der Waals surface area contributed by atoms with Crippen molar-refractivity contribution in [3.8, 4) is 0 Å². The summed E-state index contributed by atoms with van der Waals surface area (Å²) in [7, 11) is 0. The number of amides is 1. The Balaban J connectivity index is 0.00000133. The third-order valence-corrected chi connectivity index (χ3v) is 3.80. The number of ether oxygens (including phenoxy) is 1. The number of rotatable bonds is 3. The summed E-state index contributed by atoms with van der Waals surface area (Å²) in [5.74, 6) is 1.15. The quantitative estimate of drug-likeness (QED) is 0.844. The lowest BCUT2D eigenvalue weighted by molar-refractivity contribution is 0.0755. The minimum atomic E-state index is -0.233. The average molecular weight is 288 g/mol. The van der Waals surface area contributed by atoms with Crippen LogP contribution in [0.5, 0.6) is 0 Å². The number of nitrogens with one attached hydrogen (secondary N) is 2. The zero-order valence-corrected chi connectivity index (χ0v) is 11.3. The van der Waals surface area contributed by atoms with Gasteiger partial charge in [-0.25, -0.2) is 0 Å². The second-order valence-electron chi connectivity index (χ2n) is 4.88. The molecule has 1 aromatic rings. The molecule has 3 atom stereocenters. The number of carbonyl (C=O) groups excluding carboxylic acids is 1. The van der Waals surface area contributed by atoms with Crippen LogP contribution in [0.2, 0.25) is 0 Å². The van der Waals surface area contributed by atoms with Gasteiger partial charge in [-0.2, -0.15) is 0 Å². The summed E-state index contributed by atoms with van der Waals surface area (Å²) < 4.78 is 10.6. The first kappa shape index (κ1) is 14.3. The van der Waals surface area contributed by atoms with Crippen LogP contribution < -0.4 is 10.6 Å². The highest BCUT2D eigenvalue weighted by atomic mass is 35.5. The number of carbonyl (C=O) groups is 1. The highest BCUT2D eigenvalue weighted by molar-refractivity contribution is 5.91. The fourth-order valence-electron chi connectivity index (χ4n) is 2.77. The predicted octanol–water partition coefficient (Wildman–Crippen LogP) is 0.451. The van der Waals surface area contributed by atoms with E-state index in [1.807, 2.05) is 0 Å². The SMILES string of the molecule is Cl.O=C(NC[C@H]1OC[C@@H]2CCNC[C@@H]21)c1ccno1. The molecule has 1 amide bonds. The molecule has 3 rings (SSSR count). The molecule has 0 spiro atoms. The number of hydrogen-bond donors (Lipinski definition) is 2. The van der Waals surface area contributed by atoms with Crippen molar-refractivity contribution in [2.45, 2.75) is 12.5 Å². The van der Waals surface area contributed by atoms with E-state index in [-0.39, 0.29) is 30.2 Å². The zero-order chi connectivity index (χ0) is 12.4. The molecular formula is C12H18ClN3O3. The van der Waals surface area contributed by atoms with Gasteiger partial charge in [-0.3, -0.25) is 4.79 Å². The van der Waals surface area contributed by atoms with Crippen LogP contribution in [0.25, 0.3) is 0 Å². The summed E-state index contributed by atoms with van der Waals surface area (Å²) >= 11 is 0. The molecule has 6 nitrogen and oxygen atoms in total. The molecular weight excluding hydrogens is 270 g/mol. The van der Waals surface area contributed by atoms with E-state index in [2.05, 4.69) is 15.8 Å². The molecule has 3 heterocycles. The van der Waals surface area contributed by atoms with E-state index in [9.17, 15) is 4.79 Å². The normalized spacial score (nSPS) is 29.4. The Bertz CT molecular complexity index is 412. The second kappa shape index (κ2) is 6.36. The Morgan fingerprint density at radius 1 is 1.58 bits per heavy atom. The number of halogens is 1. The van der Waals surface area contributed by atoms with Crippen molar-refractivity contribution in [1.29, 1.82) is 0 Å². The van der Waals surface area contributed by atoms with Gasteiger partial charge in [0.25, 0.3) is 5.91 Å². The fourth-order valence-corrected chi connectivity index (χ4v) is 2.77. The lowest BCUT2D eigenvalue weighted by Crippen LogP contribution is -2.43. The third-order valence-electron chi connectivity index (χ3n) is 3.80. The van der Waals surface area contributed by atoms with E-state index >= 15 is 0 Å². The second-order valence-corrected chi connectivity index (χ2v) is 4.88. The van der Waals surface area contributed by atoms with Gasteiger partial charge in [0.15, 0.2) is 0 Å². The van der Waals surface area contributed by atoms with Crippen LogP contribution in [-0.4, -0.2) is 43.4 Å². The maximum Gasteiger partial charge on any atom is 0.289 e. The Kier molecular flexibility index (Phi) is 4.79. The summed E-state index contributed by atoms with van der Waals surface area (Å²) in [6.45, 7) is 3.40. The van der Waals surface area contributed by atoms with Crippen LogP contribution in [0.1, 0.15) is 17.0 Å². The van der Waals surface area contributed by atoms with Crippen LogP contribution >= 0.6 is 12.4 Å². The van der Waals surface area contributed by atoms with Crippen molar-refractivity contribution >= 4 is 18.3 Å². The van der Waals surface area contributed by atoms with E-state index in [0.717, 1.165) is 26.1 Å². The maximum absolute atomic E-state index is 11.7. The number of hydrogen-bond acceptors (Lipinski definition) is 5. The number of piperidine rings is 1. The molecule has 2 N–H and O–H groups in total. The van der Waals surface area contributed by atoms with E-state index in [1.54, 1.807) is 6.07 Å². The van der Waals surface area contributed by atoms with Gasteiger partial charge >= 0.3 is 0 Å². The minimum Gasteiger partial charge on any atom is -0.376 e. The topological polar surface area (TPSA) is 76.4 Å². The fraction of sp³-hybridized carbons (Fsp3) is 0.667. The first-order valence-corrected chi connectivity index (χ1v) is 6.36. The third kappa shape index (κ3) is 3.08. The Morgan fingerprint density at radius 2 is 2.47 bits per heavy atom. The van der Waals surface area contributed by atoms with Crippen molar-refractivity contribution in [3.05, 3.63) is 18.0 Å². The number of aromatic nitrogens is 1. The van der Waals surface area contributed by atoms with E-state index in [0.29, 0.717) is 18.4 Å². The van der Waals surface area contributed by atoms with Gasteiger partial charge < -0.3 is 19.9 Å². The standard InChI is InChI=1S/C12H17N3O3.ClH/c16-12(10-2-4-15-18-10)14-6-11-9-5-13-3-1-8(9)7-17-11;/h2,4,8-9,11,13H,1,3,5-7H2,(H,14,16);1H/t8-,9-,11+;/m0./s1. The highest BCUT2D eigenvalue weighted by Gasteiger charge is 2.38. The predicted molar refractivity (Wildman–Crippen MR) is 70.3 cm³/mol. The Morgan fingerprint density at radius 3 is 3.26 bits per heavy atom. The maximum atomic E-state index is 11.7. The first-order chi connectivity index (χ1) is 8.84. The summed E-state index contributed by atoms with van der Waals surface area (Å²) in [6, 6.07) is 1.55. The van der Waals surface area contributed by atoms with Crippen LogP contribution in [0, 0.1) is 11.8 Å². The van der Waals surface area contributed by atoms with Crippen molar-refractivity contribution < 1.29 is 14.1 Å². The van der Waals surface area contributed by atoms with Crippen molar-refractivity contribution in [1.82, 2.24) is 15.8 Å². The summed E-state index contributed by atoms with van der Waals surface area (Å²) in [5.41, 5.74) is 0. The lowest BCUT2D eigenvalue weighted by Gasteiger charge is -2.27.